The minimum atomic E-state index is -0.337. The quantitative estimate of drug-likeness (QED) is 0.157. The van der Waals surface area contributed by atoms with E-state index in [1.54, 1.807) is 35.9 Å². The lowest BCUT2D eigenvalue weighted by molar-refractivity contribution is -0.118. The zero-order valence-electron chi connectivity index (χ0n) is 27.7. The molecule has 2 aliphatic carbocycles. The SMILES string of the molecule is COc1ccc2c(c1)c(CC(=O)CCCC(C)(C)OCCC(C)(C)OCC1CC3C=CC1C3)c(C)n2C(=O)c1ccc(Cl)cc1. The van der Waals surface area contributed by atoms with Crippen LogP contribution < -0.4 is 4.74 Å². The van der Waals surface area contributed by atoms with E-state index in [0.717, 1.165) is 53.9 Å². The molecule has 1 heterocycles. The molecule has 242 valence electrons. The molecule has 0 spiro atoms. The van der Waals surface area contributed by atoms with Crippen molar-refractivity contribution >= 4 is 34.2 Å². The molecule has 0 amide bonds. The molecule has 0 aliphatic heterocycles. The lowest BCUT2D eigenvalue weighted by atomic mass is 9.94. The van der Waals surface area contributed by atoms with Crippen molar-refractivity contribution in [1.29, 1.82) is 0 Å². The summed E-state index contributed by atoms with van der Waals surface area (Å²) >= 11 is 6.05. The Kier molecular flexibility index (Phi) is 10.3. The van der Waals surface area contributed by atoms with Crippen LogP contribution in [-0.4, -0.2) is 47.8 Å². The number of Topliss-reactive ketones (excluding diaryl/α,β-unsaturated/α-hetero) is 1. The fraction of sp³-hybridized carbons (Fsp3) is 0.526. The second-order valence-corrected chi connectivity index (χ2v) is 14.6. The summed E-state index contributed by atoms with van der Waals surface area (Å²) in [6.45, 7) is 11.8. The number of hydrogen-bond acceptors (Lipinski definition) is 5. The normalized spacial score (nSPS) is 19.5. The van der Waals surface area contributed by atoms with Gasteiger partial charge < -0.3 is 14.2 Å². The van der Waals surface area contributed by atoms with Gasteiger partial charge in [-0.1, -0.05) is 23.8 Å². The first-order valence-corrected chi connectivity index (χ1v) is 16.7. The van der Waals surface area contributed by atoms with Gasteiger partial charge in [0.05, 0.1) is 37.0 Å². The molecule has 45 heavy (non-hydrogen) atoms. The molecule has 6 nitrogen and oxygen atoms in total. The van der Waals surface area contributed by atoms with Crippen LogP contribution in [0.25, 0.3) is 10.9 Å². The molecule has 3 unspecified atom stereocenters. The number of ketones is 1. The van der Waals surface area contributed by atoms with Crippen LogP contribution in [0.4, 0.5) is 0 Å². The van der Waals surface area contributed by atoms with Crippen LogP contribution in [0.15, 0.2) is 54.6 Å². The molecular weight excluding hydrogens is 586 g/mol. The molecule has 3 aromatic rings. The van der Waals surface area contributed by atoms with Gasteiger partial charge in [-0.3, -0.25) is 14.2 Å². The lowest BCUT2D eigenvalue weighted by Gasteiger charge is -2.31. The number of allylic oxidation sites excluding steroid dienone is 2. The number of carbonyl (C=O) groups is 2. The average Bonchev–Trinajstić information content (AvgIpc) is 3.69. The second-order valence-electron chi connectivity index (χ2n) is 14.1. The highest BCUT2D eigenvalue weighted by Gasteiger charge is 2.36. The summed E-state index contributed by atoms with van der Waals surface area (Å²) in [7, 11) is 1.61. The predicted octanol–water partition coefficient (Wildman–Crippen LogP) is 8.77. The molecule has 3 atom stereocenters. The van der Waals surface area contributed by atoms with E-state index in [-0.39, 0.29) is 29.3 Å². The number of methoxy groups -OCH3 is 1. The lowest BCUT2D eigenvalue weighted by Crippen LogP contribution is -2.32. The molecule has 1 fully saturated rings. The van der Waals surface area contributed by atoms with Crippen molar-refractivity contribution in [3.05, 3.63) is 76.5 Å². The second kappa shape index (κ2) is 13.8. The number of halogens is 1. The Bertz CT molecular complexity index is 1550. The number of nitrogens with zero attached hydrogens (tertiary/aromatic N) is 1. The van der Waals surface area contributed by atoms with E-state index in [0.29, 0.717) is 41.2 Å². The molecule has 7 heteroatoms. The molecule has 2 aliphatic rings. The summed E-state index contributed by atoms with van der Waals surface area (Å²) < 4.78 is 19.8. The van der Waals surface area contributed by atoms with Crippen LogP contribution in [0.2, 0.25) is 5.02 Å². The Labute approximate surface area is 273 Å². The maximum absolute atomic E-state index is 13.6. The molecule has 0 N–H and O–H groups in total. The molecule has 0 saturated heterocycles. The van der Waals surface area contributed by atoms with Gasteiger partial charge in [0.15, 0.2) is 0 Å². The monoisotopic (exact) mass is 633 g/mol. The Hall–Kier alpha value is -2.93. The number of ether oxygens (including phenoxy) is 3. The summed E-state index contributed by atoms with van der Waals surface area (Å²) in [4.78, 5) is 26.9. The van der Waals surface area contributed by atoms with Gasteiger partial charge in [0.2, 0.25) is 0 Å². The average molecular weight is 634 g/mol. The largest absolute Gasteiger partial charge is 0.497 e. The molecule has 2 aromatic carbocycles. The van der Waals surface area contributed by atoms with E-state index in [1.165, 1.54) is 12.8 Å². The smallest absolute Gasteiger partial charge is 0.262 e. The zero-order valence-corrected chi connectivity index (χ0v) is 28.4. The van der Waals surface area contributed by atoms with E-state index >= 15 is 0 Å². The van der Waals surface area contributed by atoms with Gasteiger partial charge in [-0.05, 0) is 133 Å². The van der Waals surface area contributed by atoms with Crippen LogP contribution in [0.1, 0.15) is 87.8 Å². The van der Waals surface area contributed by atoms with Crippen molar-refractivity contribution in [2.24, 2.45) is 17.8 Å². The van der Waals surface area contributed by atoms with Crippen LogP contribution in [0.3, 0.4) is 0 Å². The minimum Gasteiger partial charge on any atom is -0.497 e. The first-order valence-electron chi connectivity index (χ1n) is 16.3. The Morgan fingerprint density at radius 3 is 2.36 bits per heavy atom. The van der Waals surface area contributed by atoms with Gasteiger partial charge >= 0.3 is 0 Å². The summed E-state index contributed by atoms with van der Waals surface area (Å²) in [5.41, 5.74) is 2.34. The standard InChI is InChI=1S/C38H48ClNO5/c1-25-33(34-23-32(43-6)15-16-35(34)40(25)36(42)27-11-13-30(39)14-12-27)22-31(41)8-7-17-37(2,3)44-19-18-38(4,5)45-24-29-21-26-9-10-28(29)20-26/h9-16,23,26,28-29H,7-8,17-22,24H2,1-6H3. The van der Waals surface area contributed by atoms with Gasteiger partial charge in [-0.25, -0.2) is 0 Å². The van der Waals surface area contributed by atoms with E-state index < -0.39 is 0 Å². The van der Waals surface area contributed by atoms with Gasteiger partial charge in [0.1, 0.15) is 11.5 Å². The minimum absolute atomic E-state index is 0.139. The van der Waals surface area contributed by atoms with Gasteiger partial charge in [0, 0.05) is 34.5 Å². The number of rotatable bonds is 15. The van der Waals surface area contributed by atoms with Gasteiger partial charge in [0.25, 0.3) is 5.91 Å². The first kappa shape index (κ1) is 33.4. The number of fused-ring (bicyclic) bond motifs is 3. The highest BCUT2D eigenvalue weighted by atomic mass is 35.5. The molecule has 1 aromatic heterocycles. The molecule has 0 radical (unpaired) electrons. The van der Waals surface area contributed by atoms with E-state index in [4.69, 9.17) is 25.8 Å². The van der Waals surface area contributed by atoms with Crippen molar-refractivity contribution in [3.8, 4) is 5.75 Å². The van der Waals surface area contributed by atoms with E-state index in [1.807, 2.05) is 25.1 Å². The summed E-state index contributed by atoms with van der Waals surface area (Å²) in [5.74, 6) is 2.78. The summed E-state index contributed by atoms with van der Waals surface area (Å²) in [6.07, 6.45) is 10.4. The maximum Gasteiger partial charge on any atom is 0.262 e. The van der Waals surface area contributed by atoms with Crippen molar-refractivity contribution in [2.45, 2.75) is 90.8 Å². The third-order valence-electron chi connectivity index (χ3n) is 9.75. The van der Waals surface area contributed by atoms with Crippen LogP contribution in [-0.2, 0) is 20.7 Å². The number of aromatic nitrogens is 1. The van der Waals surface area contributed by atoms with E-state index in [9.17, 15) is 9.59 Å². The number of benzene rings is 2. The highest BCUT2D eigenvalue weighted by Crippen LogP contribution is 2.44. The third-order valence-corrected chi connectivity index (χ3v) is 10.00. The van der Waals surface area contributed by atoms with Crippen molar-refractivity contribution < 1.29 is 23.8 Å². The Morgan fingerprint density at radius 1 is 0.956 bits per heavy atom. The van der Waals surface area contributed by atoms with Crippen molar-refractivity contribution in [3.63, 3.8) is 0 Å². The van der Waals surface area contributed by atoms with Crippen molar-refractivity contribution in [2.75, 3.05) is 20.3 Å². The molecular formula is C38H48ClNO5. The zero-order chi connectivity index (χ0) is 32.4. The van der Waals surface area contributed by atoms with Crippen LogP contribution in [0.5, 0.6) is 5.75 Å². The first-order chi connectivity index (χ1) is 21.4. The number of carbonyl (C=O) groups excluding carboxylic acids is 2. The highest BCUT2D eigenvalue weighted by molar-refractivity contribution is 6.30. The molecule has 2 bridgehead atoms. The Balaban J connectivity index is 1.14. The van der Waals surface area contributed by atoms with Gasteiger partial charge in [-0.2, -0.15) is 0 Å². The Morgan fingerprint density at radius 2 is 1.69 bits per heavy atom. The fourth-order valence-corrected chi connectivity index (χ4v) is 7.05. The molecule has 5 rings (SSSR count). The summed E-state index contributed by atoms with van der Waals surface area (Å²) in [5, 5.41) is 1.43. The number of hydrogen-bond donors (Lipinski definition) is 0. The van der Waals surface area contributed by atoms with Crippen LogP contribution >= 0.6 is 11.6 Å². The van der Waals surface area contributed by atoms with Gasteiger partial charge in [-0.15, -0.1) is 0 Å². The third kappa shape index (κ3) is 8.08. The van der Waals surface area contributed by atoms with Crippen molar-refractivity contribution in [1.82, 2.24) is 4.57 Å². The molecule has 1 saturated carbocycles. The predicted molar refractivity (Wildman–Crippen MR) is 180 cm³/mol. The fourth-order valence-electron chi connectivity index (χ4n) is 6.93. The maximum atomic E-state index is 13.6. The van der Waals surface area contributed by atoms with E-state index in [2.05, 4.69) is 39.8 Å². The van der Waals surface area contributed by atoms with Crippen LogP contribution in [0, 0.1) is 24.7 Å². The topological polar surface area (TPSA) is 66.8 Å². The summed E-state index contributed by atoms with van der Waals surface area (Å²) in [6, 6.07) is 12.5.